The van der Waals surface area contributed by atoms with Gasteiger partial charge in [0.2, 0.25) is 0 Å². The molecule has 0 bridgehead atoms. The van der Waals surface area contributed by atoms with Crippen LogP contribution in [0.2, 0.25) is 0 Å². The lowest BCUT2D eigenvalue weighted by molar-refractivity contribution is 0.217. The summed E-state index contributed by atoms with van der Waals surface area (Å²) in [6.07, 6.45) is 1.91. The Labute approximate surface area is 96.7 Å². The summed E-state index contributed by atoms with van der Waals surface area (Å²) >= 11 is 0. The lowest BCUT2D eigenvalue weighted by Gasteiger charge is -2.12. The molecule has 1 unspecified atom stereocenters. The van der Waals surface area contributed by atoms with E-state index in [1.165, 1.54) is 0 Å². The van der Waals surface area contributed by atoms with E-state index < -0.39 is 0 Å². The lowest BCUT2D eigenvalue weighted by atomic mass is 10.1. The summed E-state index contributed by atoms with van der Waals surface area (Å²) in [6, 6.07) is 7.89. The van der Waals surface area contributed by atoms with E-state index in [1.54, 1.807) is 6.92 Å². The Bertz CT molecular complexity index is 343. The highest BCUT2D eigenvalue weighted by molar-refractivity contribution is 5.83. The predicted molar refractivity (Wildman–Crippen MR) is 65.4 cm³/mol. The van der Waals surface area contributed by atoms with Crippen molar-refractivity contribution < 1.29 is 9.94 Å². The van der Waals surface area contributed by atoms with Crippen molar-refractivity contribution >= 4 is 5.71 Å². The third-order valence-electron chi connectivity index (χ3n) is 2.47. The summed E-state index contributed by atoms with van der Waals surface area (Å²) < 4.78 is 5.67. The fourth-order valence-corrected chi connectivity index (χ4v) is 1.33. The van der Waals surface area contributed by atoms with E-state index in [1.807, 2.05) is 24.3 Å². The molecule has 3 heteroatoms. The second-order valence-corrected chi connectivity index (χ2v) is 3.99. The Morgan fingerprint density at radius 1 is 1.38 bits per heavy atom. The molecule has 0 aromatic heterocycles. The normalized spacial score (nSPS) is 13.6. The van der Waals surface area contributed by atoms with Gasteiger partial charge in [-0.05, 0) is 38.0 Å². The number of oxime groups is 1. The molecule has 0 aliphatic carbocycles. The SMILES string of the molecule is CCC(C)Oc1ccc(C/C(C)=N/O)cc1. The highest BCUT2D eigenvalue weighted by Crippen LogP contribution is 2.15. The van der Waals surface area contributed by atoms with Gasteiger partial charge in [-0.15, -0.1) is 0 Å². The van der Waals surface area contributed by atoms with Crippen molar-refractivity contribution in [3.63, 3.8) is 0 Å². The molecule has 0 radical (unpaired) electrons. The maximum absolute atomic E-state index is 8.56. The quantitative estimate of drug-likeness (QED) is 0.471. The van der Waals surface area contributed by atoms with Gasteiger partial charge in [0.05, 0.1) is 11.8 Å². The van der Waals surface area contributed by atoms with Crippen LogP contribution in [-0.4, -0.2) is 17.0 Å². The number of benzene rings is 1. The van der Waals surface area contributed by atoms with Crippen molar-refractivity contribution in [2.24, 2.45) is 5.16 Å². The summed E-state index contributed by atoms with van der Waals surface area (Å²) in [5.74, 6) is 0.886. The van der Waals surface area contributed by atoms with Crippen LogP contribution < -0.4 is 4.74 Å². The molecule has 1 atom stereocenters. The smallest absolute Gasteiger partial charge is 0.119 e. The Balaban J connectivity index is 2.61. The third-order valence-corrected chi connectivity index (χ3v) is 2.47. The Morgan fingerprint density at radius 3 is 2.50 bits per heavy atom. The maximum Gasteiger partial charge on any atom is 0.119 e. The van der Waals surface area contributed by atoms with Crippen molar-refractivity contribution in [3.05, 3.63) is 29.8 Å². The van der Waals surface area contributed by atoms with Crippen LogP contribution in [0.1, 0.15) is 32.8 Å². The highest BCUT2D eigenvalue weighted by atomic mass is 16.5. The van der Waals surface area contributed by atoms with Gasteiger partial charge in [-0.1, -0.05) is 24.2 Å². The third kappa shape index (κ3) is 3.93. The van der Waals surface area contributed by atoms with Crippen molar-refractivity contribution in [3.8, 4) is 5.75 Å². The number of hydrogen-bond donors (Lipinski definition) is 1. The average Bonchev–Trinajstić information content (AvgIpc) is 2.31. The molecule has 1 N–H and O–H groups in total. The first-order valence-electron chi connectivity index (χ1n) is 5.58. The number of rotatable bonds is 5. The van der Waals surface area contributed by atoms with Crippen molar-refractivity contribution in [1.29, 1.82) is 0 Å². The first-order chi connectivity index (χ1) is 7.65. The summed E-state index contributed by atoms with van der Waals surface area (Å²) in [4.78, 5) is 0. The predicted octanol–water partition coefficient (Wildman–Crippen LogP) is 3.26. The number of nitrogens with zero attached hydrogens (tertiary/aromatic N) is 1. The van der Waals surface area contributed by atoms with Crippen LogP contribution in [0.15, 0.2) is 29.4 Å². The molecule has 0 aliphatic rings. The molecule has 0 spiro atoms. The van der Waals surface area contributed by atoms with Gasteiger partial charge in [-0.25, -0.2) is 0 Å². The highest BCUT2D eigenvalue weighted by Gasteiger charge is 2.01. The Kier molecular flexibility index (Phi) is 4.83. The molecule has 0 heterocycles. The molecule has 0 aliphatic heterocycles. The van der Waals surface area contributed by atoms with Gasteiger partial charge in [0.25, 0.3) is 0 Å². The fraction of sp³-hybridized carbons (Fsp3) is 0.462. The zero-order valence-corrected chi connectivity index (χ0v) is 10.1. The average molecular weight is 221 g/mol. The summed E-state index contributed by atoms with van der Waals surface area (Å²) in [5, 5.41) is 11.7. The minimum absolute atomic E-state index is 0.242. The molecule has 16 heavy (non-hydrogen) atoms. The molecule has 88 valence electrons. The van der Waals surface area contributed by atoms with Gasteiger partial charge in [-0.2, -0.15) is 0 Å². The second kappa shape index (κ2) is 6.16. The minimum Gasteiger partial charge on any atom is -0.491 e. The topological polar surface area (TPSA) is 41.8 Å². The van der Waals surface area contributed by atoms with Gasteiger partial charge >= 0.3 is 0 Å². The van der Waals surface area contributed by atoms with E-state index in [9.17, 15) is 0 Å². The van der Waals surface area contributed by atoms with Gasteiger partial charge in [0.1, 0.15) is 5.75 Å². The van der Waals surface area contributed by atoms with Crippen LogP contribution in [0.3, 0.4) is 0 Å². The Hall–Kier alpha value is -1.51. The number of hydrogen-bond acceptors (Lipinski definition) is 3. The van der Waals surface area contributed by atoms with E-state index in [-0.39, 0.29) is 6.10 Å². The zero-order valence-electron chi connectivity index (χ0n) is 10.1. The molecule has 0 fully saturated rings. The van der Waals surface area contributed by atoms with Gasteiger partial charge in [-0.3, -0.25) is 0 Å². The van der Waals surface area contributed by atoms with Crippen LogP contribution in [0.5, 0.6) is 5.75 Å². The second-order valence-electron chi connectivity index (χ2n) is 3.99. The largest absolute Gasteiger partial charge is 0.491 e. The van der Waals surface area contributed by atoms with Gasteiger partial charge < -0.3 is 9.94 Å². The van der Waals surface area contributed by atoms with Gasteiger partial charge in [0, 0.05) is 6.42 Å². The molecule has 1 aromatic rings. The summed E-state index contributed by atoms with van der Waals surface area (Å²) in [6.45, 7) is 5.94. The summed E-state index contributed by atoms with van der Waals surface area (Å²) in [7, 11) is 0. The van der Waals surface area contributed by atoms with Crippen LogP contribution in [-0.2, 0) is 6.42 Å². The van der Waals surface area contributed by atoms with Crippen molar-refractivity contribution in [2.75, 3.05) is 0 Å². The molecule has 1 rings (SSSR count). The first-order valence-corrected chi connectivity index (χ1v) is 5.58. The van der Waals surface area contributed by atoms with Crippen LogP contribution in [0, 0.1) is 0 Å². The Morgan fingerprint density at radius 2 is 2.00 bits per heavy atom. The zero-order chi connectivity index (χ0) is 12.0. The lowest BCUT2D eigenvalue weighted by Crippen LogP contribution is -2.09. The van der Waals surface area contributed by atoms with E-state index in [2.05, 4.69) is 19.0 Å². The van der Waals surface area contributed by atoms with E-state index in [0.29, 0.717) is 12.1 Å². The van der Waals surface area contributed by atoms with Crippen molar-refractivity contribution in [2.45, 2.75) is 39.7 Å². The van der Waals surface area contributed by atoms with Crippen LogP contribution in [0.4, 0.5) is 0 Å². The van der Waals surface area contributed by atoms with Crippen LogP contribution in [0.25, 0.3) is 0 Å². The molecule has 0 saturated carbocycles. The van der Waals surface area contributed by atoms with E-state index in [4.69, 9.17) is 9.94 Å². The fourth-order valence-electron chi connectivity index (χ4n) is 1.33. The first kappa shape index (κ1) is 12.6. The van der Waals surface area contributed by atoms with Crippen molar-refractivity contribution in [1.82, 2.24) is 0 Å². The van der Waals surface area contributed by atoms with Gasteiger partial charge in [0.15, 0.2) is 0 Å². The van der Waals surface area contributed by atoms with E-state index in [0.717, 1.165) is 17.7 Å². The number of ether oxygens (including phenoxy) is 1. The molecular formula is C13H19NO2. The molecular weight excluding hydrogens is 202 g/mol. The molecule has 0 amide bonds. The monoisotopic (exact) mass is 221 g/mol. The minimum atomic E-state index is 0.242. The standard InChI is InChI=1S/C13H19NO2/c1-4-11(3)16-13-7-5-12(6-8-13)9-10(2)14-15/h5-8,11,15H,4,9H2,1-3H3/b14-10+. The van der Waals surface area contributed by atoms with E-state index >= 15 is 0 Å². The molecule has 3 nitrogen and oxygen atoms in total. The molecule has 1 aromatic carbocycles. The van der Waals surface area contributed by atoms with Crippen LogP contribution >= 0.6 is 0 Å². The molecule has 0 saturated heterocycles. The summed E-state index contributed by atoms with van der Waals surface area (Å²) in [5.41, 5.74) is 1.82. The maximum atomic E-state index is 8.56.